The molecule has 1 aliphatic heterocycles. The molecule has 5 nitrogen and oxygen atoms in total. The predicted molar refractivity (Wildman–Crippen MR) is 102 cm³/mol. The second-order valence-corrected chi connectivity index (χ2v) is 8.05. The molecule has 0 radical (unpaired) electrons. The van der Waals surface area contributed by atoms with E-state index >= 15 is 0 Å². The van der Waals surface area contributed by atoms with Crippen molar-refractivity contribution >= 4 is 40.0 Å². The van der Waals surface area contributed by atoms with Gasteiger partial charge < -0.3 is 15.0 Å². The van der Waals surface area contributed by atoms with Crippen molar-refractivity contribution in [3.63, 3.8) is 0 Å². The number of nitrogens with one attached hydrogen (secondary N) is 1. The lowest BCUT2D eigenvalue weighted by Crippen LogP contribution is -2.20. The van der Waals surface area contributed by atoms with Crippen LogP contribution in [0.15, 0.2) is 45.0 Å². The molecule has 0 saturated heterocycles. The van der Waals surface area contributed by atoms with Crippen LogP contribution in [0.3, 0.4) is 0 Å². The summed E-state index contributed by atoms with van der Waals surface area (Å²) in [6.45, 7) is 1.98. The summed E-state index contributed by atoms with van der Waals surface area (Å²) in [6.07, 6.45) is 3.22. The second-order valence-electron chi connectivity index (χ2n) is 7.00. The van der Waals surface area contributed by atoms with E-state index in [0.29, 0.717) is 16.1 Å². The van der Waals surface area contributed by atoms with E-state index in [1.165, 1.54) is 24.0 Å². The molecule has 2 aliphatic rings. The van der Waals surface area contributed by atoms with Gasteiger partial charge in [0.05, 0.1) is 27.2 Å². The van der Waals surface area contributed by atoms with Crippen LogP contribution < -0.4 is 10.7 Å². The zero-order valence-electron chi connectivity index (χ0n) is 14.4. The SMILES string of the molecule is Cc1ccc2c(c1)Sc1c(F)cc3c(=O)c(C(=O)O)cn(C4CC4)c3c1N2. The number of aryl methyl sites for hydroxylation is 1. The largest absolute Gasteiger partial charge is 0.477 e. The molecule has 5 rings (SSSR count). The molecule has 2 aromatic carbocycles. The van der Waals surface area contributed by atoms with E-state index in [2.05, 4.69) is 5.32 Å². The number of carboxylic acid groups (broad SMARTS) is 1. The van der Waals surface area contributed by atoms with Crippen LogP contribution in [0.5, 0.6) is 0 Å². The molecule has 0 unspecified atom stereocenters. The van der Waals surface area contributed by atoms with E-state index < -0.39 is 17.2 Å². The number of aromatic carboxylic acids is 1. The van der Waals surface area contributed by atoms with Crippen molar-refractivity contribution in [3.05, 3.63) is 57.6 Å². The number of hydrogen-bond donors (Lipinski definition) is 2. The summed E-state index contributed by atoms with van der Waals surface area (Å²) in [7, 11) is 0. The van der Waals surface area contributed by atoms with Gasteiger partial charge in [-0.2, -0.15) is 0 Å². The third kappa shape index (κ3) is 2.45. The number of carboxylic acids is 1. The standard InChI is InChI=1S/C20H15FN2O3S/c1-9-2-5-14-15(6-9)27-19-13(21)7-11-17(16(19)22-14)23(10-3-4-10)8-12(18(11)24)20(25)26/h2,5-8,10,22H,3-4H2,1H3,(H,25,26). The zero-order chi connectivity index (χ0) is 18.9. The van der Waals surface area contributed by atoms with Crippen LogP contribution in [0.4, 0.5) is 15.8 Å². The summed E-state index contributed by atoms with van der Waals surface area (Å²) in [4.78, 5) is 25.5. The van der Waals surface area contributed by atoms with Gasteiger partial charge in [0.1, 0.15) is 11.4 Å². The number of benzene rings is 2. The van der Waals surface area contributed by atoms with Gasteiger partial charge in [0, 0.05) is 17.1 Å². The minimum absolute atomic E-state index is 0.0988. The van der Waals surface area contributed by atoms with E-state index in [1.54, 1.807) is 0 Å². The molecule has 1 aliphatic carbocycles. The summed E-state index contributed by atoms with van der Waals surface area (Å²) < 4.78 is 16.7. The maximum atomic E-state index is 14.9. The lowest BCUT2D eigenvalue weighted by Gasteiger charge is -2.25. The lowest BCUT2D eigenvalue weighted by molar-refractivity contribution is 0.0695. The van der Waals surface area contributed by atoms with Crippen LogP contribution in [-0.4, -0.2) is 15.6 Å². The Morgan fingerprint density at radius 3 is 2.81 bits per heavy atom. The molecule has 7 heteroatoms. The molecule has 27 heavy (non-hydrogen) atoms. The minimum atomic E-state index is -1.29. The van der Waals surface area contributed by atoms with Crippen molar-refractivity contribution in [2.75, 3.05) is 5.32 Å². The number of rotatable bonds is 2. The highest BCUT2D eigenvalue weighted by atomic mass is 32.2. The van der Waals surface area contributed by atoms with Gasteiger partial charge in [-0.15, -0.1) is 0 Å². The normalized spacial score (nSPS) is 15.2. The van der Waals surface area contributed by atoms with Gasteiger partial charge in [0.25, 0.3) is 0 Å². The Kier molecular flexibility index (Phi) is 3.40. The molecule has 0 amide bonds. The third-order valence-electron chi connectivity index (χ3n) is 5.00. The van der Waals surface area contributed by atoms with Gasteiger partial charge in [-0.1, -0.05) is 17.8 Å². The van der Waals surface area contributed by atoms with Gasteiger partial charge >= 0.3 is 5.97 Å². The van der Waals surface area contributed by atoms with Crippen molar-refractivity contribution < 1.29 is 14.3 Å². The van der Waals surface area contributed by atoms with Crippen molar-refractivity contribution in [1.29, 1.82) is 0 Å². The summed E-state index contributed by atoms with van der Waals surface area (Å²) in [5, 5.41) is 12.8. The van der Waals surface area contributed by atoms with Gasteiger partial charge in [-0.3, -0.25) is 4.79 Å². The van der Waals surface area contributed by atoms with E-state index in [4.69, 9.17) is 0 Å². The molecule has 0 bridgehead atoms. The minimum Gasteiger partial charge on any atom is -0.477 e. The first-order valence-corrected chi connectivity index (χ1v) is 9.46. The molecule has 0 spiro atoms. The second kappa shape index (κ2) is 5.60. The Bertz CT molecular complexity index is 1210. The number of anilines is 2. The van der Waals surface area contributed by atoms with Gasteiger partial charge in [-0.05, 0) is 43.5 Å². The first-order chi connectivity index (χ1) is 12.9. The maximum absolute atomic E-state index is 14.9. The van der Waals surface area contributed by atoms with Crippen LogP contribution in [0, 0.1) is 12.7 Å². The maximum Gasteiger partial charge on any atom is 0.341 e. The fourth-order valence-electron chi connectivity index (χ4n) is 3.54. The summed E-state index contributed by atoms with van der Waals surface area (Å²) >= 11 is 1.33. The Balaban J connectivity index is 1.85. The van der Waals surface area contributed by atoms with E-state index in [-0.39, 0.29) is 17.0 Å². The highest BCUT2D eigenvalue weighted by Crippen LogP contribution is 2.49. The number of halogens is 1. The van der Waals surface area contributed by atoms with E-state index in [9.17, 15) is 19.1 Å². The molecule has 136 valence electrons. The molecule has 1 aromatic heterocycles. The first kappa shape index (κ1) is 16.4. The summed E-state index contributed by atoms with van der Waals surface area (Å²) in [5.41, 5.74) is 2.05. The number of nitrogens with zero attached hydrogens (tertiary/aromatic N) is 1. The Labute approximate surface area is 157 Å². The molecule has 2 N–H and O–H groups in total. The molecular weight excluding hydrogens is 367 g/mol. The highest BCUT2D eigenvalue weighted by molar-refractivity contribution is 7.99. The van der Waals surface area contributed by atoms with Crippen molar-refractivity contribution in [1.82, 2.24) is 4.57 Å². The number of fused-ring (bicyclic) bond motifs is 4. The Morgan fingerprint density at radius 1 is 1.33 bits per heavy atom. The fraction of sp³-hybridized carbons (Fsp3) is 0.200. The van der Waals surface area contributed by atoms with E-state index in [0.717, 1.165) is 29.0 Å². The number of aromatic nitrogens is 1. The molecule has 0 atom stereocenters. The van der Waals surface area contributed by atoms with Crippen LogP contribution in [-0.2, 0) is 0 Å². The lowest BCUT2D eigenvalue weighted by atomic mass is 10.1. The van der Waals surface area contributed by atoms with Gasteiger partial charge in [0.15, 0.2) is 0 Å². The monoisotopic (exact) mass is 382 g/mol. The number of hydrogen-bond acceptors (Lipinski definition) is 4. The first-order valence-electron chi connectivity index (χ1n) is 8.64. The summed E-state index contributed by atoms with van der Waals surface area (Å²) in [5.74, 6) is -1.82. The van der Waals surface area contributed by atoms with Gasteiger partial charge in [0.2, 0.25) is 5.43 Å². The van der Waals surface area contributed by atoms with Crippen molar-refractivity contribution in [2.24, 2.45) is 0 Å². The summed E-state index contributed by atoms with van der Waals surface area (Å²) in [6, 6.07) is 7.20. The van der Waals surface area contributed by atoms with Crippen LogP contribution >= 0.6 is 11.8 Å². The Hall–Kier alpha value is -2.80. The topological polar surface area (TPSA) is 71.3 Å². The average Bonchev–Trinajstić information content (AvgIpc) is 3.46. The van der Waals surface area contributed by atoms with Crippen LogP contribution in [0.1, 0.15) is 34.8 Å². The predicted octanol–water partition coefficient (Wildman–Crippen LogP) is 4.69. The third-order valence-corrected chi connectivity index (χ3v) is 6.16. The molecule has 1 fully saturated rings. The van der Waals surface area contributed by atoms with Crippen LogP contribution in [0.25, 0.3) is 10.9 Å². The zero-order valence-corrected chi connectivity index (χ0v) is 15.2. The number of carbonyl (C=O) groups is 1. The quantitative estimate of drug-likeness (QED) is 0.526. The molecular formula is C20H15FN2O3S. The molecule has 3 aromatic rings. The molecule has 2 heterocycles. The van der Waals surface area contributed by atoms with E-state index in [1.807, 2.05) is 29.7 Å². The smallest absolute Gasteiger partial charge is 0.341 e. The number of pyridine rings is 1. The Morgan fingerprint density at radius 2 is 2.11 bits per heavy atom. The fourth-order valence-corrected chi connectivity index (χ4v) is 4.64. The van der Waals surface area contributed by atoms with Crippen LogP contribution in [0.2, 0.25) is 0 Å². The molecule has 1 saturated carbocycles. The van der Waals surface area contributed by atoms with Crippen molar-refractivity contribution in [2.45, 2.75) is 35.6 Å². The van der Waals surface area contributed by atoms with Crippen molar-refractivity contribution in [3.8, 4) is 0 Å². The van der Waals surface area contributed by atoms with Gasteiger partial charge in [-0.25, -0.2) is 9.18 Å². The highest BCUT2D eigenvalue weighted by Gasteiger charge is 2.31. The average molecular weight is 382 g/mol.